The fraction of sp³-hybridized carbons (Fsp3) is 0.250. The van der Waals surface area contributed by atoms with Gasteiger partial charge in [0.1, 0.15) is 6.33 Å². The first kappa shape index (κ1) is 33.9. The van der Waals surface area contributed by atoms with Crippen LogP contribution < -0.4 is 0 Å². The summed E-state index contributed by atoms with van der Waals surface area (Å²) < 4.78 is 0. The zero-order chi connectivity index (χ0) is 36.1. The van der Waals surface area contributed by atoms with Crippen LogP contribution in [0.4, 0.5) is 0 Å². The highest BCUT2D eigenvalue weighted by Gasteiger charge is 2.22. The number of aromatic nitrogens is 6. The lowest BCUT2D eigenvalue weighted by atomic mass is 9.78. The molecule has 7 aromatic rings. The van der Waals surface area contributed by atoms with Crippen LogP contribution in [0.15, 0.2) is 134 Å². The summed E-state index contributed by atoms with van der Waals surface area (Å²) >= 11 is 0. The summed E-state index contributed by atoms with van der Waals surface area (Å²) in [6.07, 6.45) is 22.1. The summed E-state index contributed by atoms with van der Waals surface area (Å²) in [6.45, 7) is 0. The maximum absolute atomic E-state index is 5.17. The minimum Gasteiger partial charge on any atom is -0.264 e. The summed E-state index contributed by atoms with van der Waals surface area (Å²) in [5, 5.41) is 0. The minimum absolute atomic E-state index is 0.616. The van der Waals surface area contributed by atoms with E-state index >= 15 is 0 Å². The molecule has 0 bridgehead atoms. The van der Waals surface area contributed by atoms with Crippen LogP contribution in [0.2, 0.25) is 0 Å². The Balaban J connectivity index is 1.15. The molecule has 54 heavy (non-hydrogen) atoms. The van der Waals surface area contributed by atoms with Gasteiger partial charge in [0.2, 0.25) is 0 Å². The zero-order valence-corrected chi connectivity index (χ0v) is 30.6. The smallest absolute Gasteiger partial charge is 0.164 e. The van der Waals surface area contributed by atoms with Crippen molar-refractivity contribution in [3.63, 3.8) is 0 Å². The van der Waals surface area contributed by atoms with E-state index in [0.29, 0.717) is 29.3 Å². The lowest BCUT2D eigenvalue weighted by molar-refractivity contribution is 0.435. The monoisotopic (exact) mass is 704 g/mol. The molecule has 0 spiro atoms. The van der Waals surface area contributed by atoms with E-state index in [-0.39, 0.29) is 0 Å². The average molecular weight is 705 g/mol. The number of pyridine rings is 1. The molecule has 3 aromatic heterocycles. The topological polar surface area (TPSA) is 77.3 Å². The van der Waals surface area contributed by atoms with E-state index in [1.54, 1.807) is 12.5 Å². The molecule has 0 radical (unpaired) electrons. The Morgan fingerprint density at radius 1 is 0.352 bits per heavy atom. The Morgan fingerprint density at radius 2 is 0.778 bits per heavy atom. The molecule has 0 N–H and O–H groups in total. The number of hydrogen-bond acceptors (Lipinski definition) is 6. The van der Waals surface area contributed by atoms with Gasteiger partial charge in [-0.1, -0.05) is 117 Å². The molecule has 9 rings (SSSR count). The van der Waals surface area contributed by atoms with Crippen molar-refractivity contribution in [2.45, 2.75) is 76.0 Å². The Bertz CT molecular complexity index is 2220. The van der Waals surface area contributed by atoms with Crippen molar-refractivity contribution in [3.8, 4) is 67.5 Å². The molecule has 2 saturated carbocycles. The van der Waals surface area contributed by atoms with Gasteiger partial charge in [-0.2, -0.15) is 0 Å². The molecule has 0 saturated heterocycles. The third kappa shape index (κ3) is 7.47. The molecule has 6 nitrogen and oxygen atoms in total. The van der Waals surface area contributed by atoms with E-state index in [1.165, 1.54) is 86.5 Å². The Kier molecular flexibility index (Phi) is 9.81. The molecule has 6 heteroatoms. The molecule has 3 heterocycles. The molecule has 0 aliphatic heterocycles. The number of nitrogens with zero attached hydrogens (tertiary/aromatic N) is 6. The van der Waals surface area contributed by atoms with Crippen LogP contribution in [-0.4, -0.2) is 29.9 Å². The third-order valence-corrected chi connectivity index (χ3v) is 11.4. The Hall–Kier alpha value is -5.88. The van der Waals surface area contributed by atoms with Crippen LogP contribution in [0.3, 0.4) is 0 Å². The summed E-state index contributed by atoms with van der Waals surface area (Å²) in [5.74, 6) is 3.19. The van der Waals surface area contributed by atoms with Crippen LogP contribution in [0, 0.1) is 0 Å². The fourth-order valence-corrected chi connectivity index (χ4v) is 8.44. The van der Waals surface area contributed by atoms with Crippen LogP contribution in [0.1, 0.15) is 87.2 Å². The van der Waals surface area contributed by atoms with Crippen LogP contribution in [-0.2, 0) is 0 Å². The van der Waals surface area contributed by atoms with Gasteiger partial charge >= 0.3 is 0 Å². The number of benzene rings is 4. The molecular formula is C48H44N6. The predicted molar refractivity (Wildman–Crippen MR) is 217 cm³/mol. The minimum atomic E-state index is 0.616. The van der Waals surface area contributed by atoms with Gasteiger partial charge in [0, 0.05) is 52.6 Å². The van der Waals surface area contributed by atoms with Gasteiger partial charge in [-0.05, 0) is 95.2 Å². The molecule has 0 atom stereocenters. The molecular weight excluding hydrogens is 661 g/mol. The lowest BCUT2D eigenvalue weighted by Crippen LogP contribution is -2.08. The molecule has 2 aliphatic rings. The van der Waals surface area contributed by atoms with Crippen molar-refractivity contribution in [2.75, 3.05) is 0 Å². The zero-order valence-electron chi connectivity index (χ0n) is 30.6. The van der Waals surface area contributed by atoms with Gasteiger partial charge in [-0.3, -0.25) is 4.98 Å². The Labute approximate surface area is 317 Å². The molecule has 2 fully saturated rings. The van der Waals surface area contributed by atoms with Crippen molar-refractivity contribution < 1.29 is 0 Å². The predicted octanol–water partition coefficient (Wildman–Crippen LogP) is 12.2. The second-order valence-electron chi connectivity index (χ2n) is 15.0. The lowest BCUT2D eigenvalue weighted by Gasteiger charge is -2.27. The Morgan fingerprint density at radius 3 is 1.26 bits per heavy atom. The first-order valence-electron chi connectivity index (χ1n) is 19.6. The second kappa shape index (κ2) is 15.6. The highest BCUT2D eigenvalue weighted by molar-refractivity contribution is 5.76. The number of hydrogen-bond donors (Lipinski definition) is 0. The maximum Gasteiger partial charge on any atom is 0.164 e. The fourth-order valence-electron chi connectivity index (χ4n) is 8.44. The average Bonchev–Trinajstić information content (AvgIpc) is 3.27. The van der Waals surface area contributed by atoms with Crippen molar-refractivity contribution in [2.24, 2.45) is 0 Å². The largest absolute Gasteiger partial charge is 0.264 e. The normalized spacial score (nSPS) is 15.3. The SMILES string of the molecule is c1cncc(-c2cccc(-c3nc(-c4cccc(-c5cncnc5)c4)nc(-c4cccc(-c5cc(C6CCCCC6)cc(C6CCCCC6)c5)c4)n3)c2)c1. The van der Waals surface area contributed by atoms with Gasteiger partial charge in [-0.25, -0.2) is 24.9 Å². The molecule has 0 amide bonds. The summed E-state index contributed by atoms with van der Waals surface area (Å²) in [6, 6.07) is 37.0. The van der Waals surface area contributed by atoms with Crippen LogP contribution in [0.25, 0.3) is 67.5 Å². The van der Waals surface area contributed by atoms with E-state index in [0.717, 1.165) is 38.9 Å². The van der Waals surface area contributed by atoms with Crippen molar-refractivity contribution in [1.29, 1.82) is 0 Å². The van der Waals surface area contributed by atoms with E-state index in [1.807, 2.05) is 30.7 Å². The van der Waals surface area contributed by atoms with Gasteiger partial charge in [0.15, 0.2) is 17.5 Å². The summed E-state index contributed by atoms with van der Waals surface area (Å²) in [7, 11) is 0. The van der Waals surface area contributed by atoms with Crippen LogP contribution >= 0.6 is 0 Å². The van der Waals surface area contributed by atoms with Gasteiger partial charge in [-0.15, -0.1) is 0 Å². The van der Waals surface area contributed by atoms with Crippen LogP contribution in [0.5, 0.6) is 0 Å². The van der Waals surface area contributed by atoms with Crippen molar-refractivity contribution >= 4 is 0 Å². The van der Waals surface area contributed by atoms with E-state index in [2.05, 4.69) is 106 Å². The second-order valence-corrected chi connectivity index (χ2v) is 15.0. The van der Waals surface area contributed by atoms with E-state index in [4.69, 9.17) is 15.0 Å². The quantitative estimate of drug-likeness (QED) is 0.157. The number of rotatable bonds is 8. The highest BCUT2D eigenvalue weighted by Crippen LogP contribution is 2.40. The van der Waals surface area contributed by atoms with Gasteiger partial charge in [0.05, 0.1) is 0 Å². The summed E-state index contributed by atoms with van der Waals surface area (Å²) in [5.41, 5.74) is 12.4. The maximum atomic E-state index is 5.17. The summed E-state index contributed by atoms with van der Waals surface area (Å²) in [4.78, 5) is 28.3. The van der Waals surface area contributed by atoms with Gasteiger partial charge in [0.25, 0.3) is 0 Å². The first-order chi connectivity index (χ1) is 26.7. The van der Waals surface area contributed by atoms with E-state index in [9.17, 15) is 0 Å². The molecule has 2 aliphatic carbocycles. The highest BCUT2D eigenvalue weighted by atomic mass is 15.0. The van der Waals surface area contributed by atoms with Crippen molar-refractivity contribution in [1.82, 2.24) is 29.9 Å². The standard InChI is InChI=1S/C48H44N6/c1-3-11-33(12-4-1)42-26-43(34-13-5-2-6-14-34)28-44(27-42)36-16-8-19-39(24-36)47-52-46(38-18-7-15-35(23-38)41-21-10-22-49-29-41)53-48(54-47)40-20-9-17-37(25-40)45-30-50-32-51-31-45/h7-10,15-34H,1-6,11-14H2. The van der Waals surface area contributed by atoms with Crippen molar-refractivity contribution in [3.05, 3.63) is 145 Å². The third-order valence-electron chi connectivity index (χ3n) is 11.4. The first-order valence-corrected chi connectivity index (χ1v) is 19.6. The van der Waals surface area contributed by atoms with E-state index < -0.39 is 0 Å². The molecule has 0 unspecified atom stereocenters. The van der Waals surface area contributed by atoms with Gasteiger partial charge < -0.3 is 0 Å². The molecule has 266 valence electrons. The molecule has 4 aromatic carbocycles.